The Bertz CT molecular complexity index is 814. The summed E-state index contributed by atoms with van der Waals surface area (Å²) in [6, 6.07) is 10.9. The third kappa shape index (κ3) is 4.82. The van der Waals surface area contributed by atoms with Crippen LogP contribution in [-0.4, -0.2) is 16.9 Å². The second-order valence-corrected chi connectivity index (χ2v) is 6.13. The third-order valence-corrected chi connectivity index (χ3v) is 3.89. The third-order valence-electron chi connectivity index (χ3n) is 2.81. The first-order valence-electron chi connectivity index (χ1n) is 6.49. The Morgan fingerprint density at radius 3 is 2.17 bits per heavy atom. The number of rotatable bonds is 2. The Balaban J connectivity index is 1.92. The van der Waals surface area contributed by atoms with Gasteiger partial charge in [0.1, 0.15) is 0 Å². The van der Waals surface area contributed by atoms with Gasteiger partial charge in [0.25, 0.3) is 11.8 Å². The Morgan fingerprint density at radius 2 is 1.50 bits per heavy atom. The van der Waals surface area contributed by atoms with Crippen LogP contribution in [-0.2, 0) is 0 Å². The highest BCUT2D eigenvalue weighted by Gasteiger charge is 2.13. The van der Waals surface area contributed by atoms with Crippen LogP contribution < -0.4 is 16.2 Å². The zero-order valence-electron chi connectivity index (χ0n) is 11.9. The minimum Gasteiger partial charge on any atom is -0.298 e. The minimum absolute atomic E-state index is 0.105. The molecule has 0 bridgehead atoms. The van der Waals surface area contributed by atoms with Crippen LogP contribution in [0.3, 0.4) is 0 Å². The largest absolute Gasteiger partial charge is 0.298 e. The summed E-state index contributed by atoms with van der Waals surface area (Å²) in [6.07, 6.45) is 0. The lowest BCUT2D eigenvalue weighted by molar-refractivity contribution is 0.0934. The molecule has 0 saturated carbocycles. The van der Waals surface area contributed by atoms with Crippen LogP contribution in [0, 0.1) is 0 Å². The molecular weight excluding hydrogens is 393 g/mol. The molecule has 2 rings (SSSR count). The monoisotopic (exact) mass is 401 g/mol. The number of benzene rings is 2. The first kappa shape index (κ1) is 18.5. The van der Waals surface area contributed by atoms with Gasteiger partial charge in [-0.05, 0) is 42.5 Å². The number of hydrazine groups is 1. The predicted molar refractivity (Wildman–Crippen MR) is 98.6 cm³/mol. The van der Waals surface area contributed by atoms with Crippen LogP contribution >= 0.6 is 47.0 Å². The number of nitrogens with one attached hydrogen (secondary N) is 3. The maximum absolute atomic E-state index is 12.1. The molecule has 124 valence electrons. The Kier molecular flexibility index (Phi) is 6.39. The van der Waals surface area contributed by atoms with Crippen molar-refractivity contribution in [3.63, 3.8) is 0 Å². The molecular formula is C15H10Cl3N3O2S. The summed E-state index contributed by atoms with van der Waals surface area (Å²) < 4.78 is 0. The molecule has 0 radical (unpaired) electrons. The lowest BCUT2D eigenvalue weighted by Gasteiger charge is -2.12. The summed E-state index contributed by atoms with van der Waals surface area (Å²) in [4.78, 5) is 24.0. The summed E-state index contributed by atoms with van der Waals surface area (Å²) in [5.74, 6) is -1.04. The summed E-state index contributed by atoms with van der Waals surface area (Å²) in [5.41, 5.74) is 5.21. The number of amides is 2. The maximum Gasteiger partial charge on any atom is 0.271 e. The summed E-state index contributed by atoms with van der Waals surface area (Å²) in [6.45, 7) is 0. The standard InChI is InChI=1S/C15H10Cl3N3O2S/c16-8-5-6-10(12(18)7-8)13(22)19-15(24)21-20-14(23)9-3-1-2-4-11(9)17/h1-7H,(H,20,23)(H2,19,21,22,24). The fraction of sp³-hybridized carbons (Fsp3) is 0. The first-order chi connectivity index (χ1) is 11.4. The second kappa shape index (κ2) is 8.30. The number of carbonyl (C=O) groups is 2. The average Bonchev–Trinajstić information content (AvgIpc) is 2.52. The van der Waals surface area contributed by atoms with Gasteiger partial charge in [0.2, 0.25) is 0 Å². The number of hydrogen-bond acceptors (Lipinski definition) is 3. The maximum atomic E-state index is 12.1. The molecule has 5 nitrogen and oxygen atoms in total. The van der Waals surface area contributed by atoms with Gasteiger partial charge in [-0.1, -0.05) is 46.9 Å². The molecule has 9 heteroatoms. The minimum atomic E-state index is -0.541. The van der Waals surface area contributed by atoms with Gasteiger partial charge in [0.05, 0.1) is 21.2 Å². The van der Waals surface area contributed by atoms with E-state index in [0.29, 0.717) is 10.0 Å². The van der Waals surface area contributed by atoms with Crippen molar-refractivity contribution in [1.29, 1.82) is 0 Å². The van der Waals surface area contributed by atoms with Crippen molar-refractivity contribution in [2.75, 3.05) is 0 Å². The molecule has 0 aromatic heterocycles. The van der Waals surface area contributed by atoms with Gasteiger partial charge in [-0.25, -0.2) is 0 Å². The van der Waals surface area contributed by atoms with Crippen molar-refractivity contribution in [3.8, 4) is 0 Å². The van der Waals surface area contributed by atoms with Crippen LogP contribution in [0.5, 0.6) is 0 Å². The molecule has 2 amide bonds. The van der Waals surface area contributed by atoms with E-state index in [4.69, 9.17) is 47.0 Å². The zero-order chi connectivity index (χ0) is 17.7. The highest BCUT2D eigenvalue weighted by Crippen LogP contribution is 2.20. The van der Waals surface area contributed by atoms with Crippen LogP contribution in [0.15, 0.2) is 42.5 Å². The average molecular weight is 403 g/mol. The van der Waals surface area contributed by atoms with Gasteiger partial charge in [0, 0.05) is 5.02 Å². The van der Waals surface area contributed by atoms with Gasteiger partial charge in [-0.2, -0.15) is 0 Å². The Morgan fingerprint density at radius 1 is 0.833 bits per heavy atom. The quantitative estimate of drug-likeness (QED) is 0.530. The molecule has 2 aromatic rings. The first-order valence-corrected chi connectivity index (χ1v) is 8.04. The van der Waals surface area contributed by atoms with Gasteiger partial charge in [-0.3, -0.25) is 25.8 Å². The number of hydrogen-bond donors (Lipinski definition) is 3. The fourth-order valence-electron chi connectivity index (χ4n) is 1.70. The second-order valence-electron chi connectivity index (χ2n) is 4.47. The highest BCUT2D eigenvalue weighted by atomic mass is 35.5. The summed E-state index contributed by atoms with van der Waals surface area (Å²) in [7, 11) is 0. The molecule has 3 N–H and O–H groups in total. The molecule has 0 aliphatic rings. The highest BCUT2D eigenvalue weighted by molar-refractivity contribution is 7.80. The lowest BCUT2D eigenvalue weighted by Crippen LogP contribution is -2.48. The fourth-order valence-corrected chi connectivity index (χ4v) is 2.56. The predicted octanol–water partition coefficient (Wildman–Crippen LogP) is 3.60. The molecule has 0 heterocycles. The summed E-state index contributed by atoms with van der Waals surface area (Å²) >= 11 is 22.6. The van der Waals surface area contributed by atoms with E-state index < -0.39 is 11.8 Å². The van der Waals surface area contributed by atoms with Crippen LogP contribution in [0.4, 0.5) is 0 Å². The number of halogens is 3. The van der Waals surface area contributed by atoms with E-state index >= 15 is 0 Å². The topological polar surface area (TPSA) is 70.2 Å². The molecule has 0 aliphatic carbocycles. The van der Waals surface area contributed by atoms with E-state index in [0.717, 1.165) is 0 Å². The molecule has 2 aromatic carbocycles. The molecule has 0 spiro atoms. The van der Waals surface area contributed by atoms with E-state index in [-0.39, 0.29) is 21.3 Å². The number of carbonyl (C=O) groups excluding carboxylic acids is 2. The van der Waals surface area contributed by atoms with Gasteiger partial charge in [0.15, 0.2) is 5.11 Å². The van der Waals surface area contributed by atoms with Crippen molar-refractivity contribution >= 4 is 63.9 Å². The molecule has 0 unspecified atom stereocenters. The molecule has 24 heavy (non-hydrogen) atoms. The molecule has 0 atom stereocenters. The normalized spacial score (nSPS) is 9.96. The zero-order valence-corrected chi connectivity index (χ0v) is 15.0. The van der Waals surface area contributed by atoms with E-state index in [2.05, 4.69) is 16.2 Å². The van der Waals surface area contributed by atoms with Gasteiger partial charge >= 0.3 is 0 Å². The Labute approximate surface area is 158 Å². The Hall–Kier alpha value is -1.86. The smallest absolute Gasteiger partial charge is 0.271 e. The van der Waals surface area contributed by atoms with E-state index in [1.165, 1.54) is 18.2 Å². The lowest BCUT2D eigenvalue weighted by atomic mass is 10.2. The number of thiocarbonyl (C=S) groups is 1. The molecule has 0 aliphatic heterocycles. The molecule has 0 fully saturated rings. The van der Waals surface area contributed by atoms with Crippen molar-refractivity contribution in [1.82, 2.24) is 16.2 Å². The van der Waals surface area contributed by atoms with E-state index in [9.17, 15) is 9.59 Å². The SMILES string of the molecule is O=C(NNC(=S)NC(=O)c1ccc(Cl)cc1Cl)c1ccccc1Cl. The van der Waals surface area contributed by atoms with Crippen molar-refractivity contribution in [2.24, 2.45) is 0 Å². The van der Waals surface area contributed by atoms with Gasteiger partial charge < -0.3 is 0 Å². The van der Waals surface area contributed by atoms with Crippen molar-refractivity contribution in [2.45, 2.75) is 0 Å². The van der Waals surface area contributed by atoms with Crippen LogP contribution in [0.2, 0.25) is 15.1 Å². The van der Waals surface area contributed by atoms with E-state index in [1.807, 2.05) is 0 Å². The van der Waals surface area contributed by atoms with Gasteiger partial charge in [-0.15, -0.1) is 0 Å². The van der Waals surface area contributed by atoms with E-state index in [1.54, 1.807) is 24.3 Å². The molecule has 0 saturated heterocycles. The van der Waals surface area contributed by atoms with Crippen LogP contribution in [0.1, 0.15) is 20.7 Å². The van der Waals surface area contributed by atoms with Crippen LogP contribution in [0.25, 0.3) is 0 Å². The van der Waals surface area contributed by atoms with Crippen molar-refractivity contribution < 1.29 is 9.59 Å². The summed E-state index contributed by atoms with van der Waals surface area (Å²) in [5, 5.41) is 3.16. The van der Waals surface area contributed by atoms with Crippen molar-refractivity contribution in [3.05, 3.63) is 68.7 Å².